The number of carbonyl (C=O) groups excluding carboxylic acids is 2. The van der Waals surface area contributed by atoms with E-state index in [1.807, 2.05) is 20.8 Å². The van der Waals surface area contributed by atoms with Crippen LogP contribution in [-0.2, 0) is 26.2 Å². The molecule has 0 aromatic heterocycles. The Morgan fingerprint density at radius 2 is 1.67 bits per heavy atom. The average Bonchev–Trinajstić information content (AvgIpc) is 2.79. The molecule has 0 aliphatic carbocycles. The molecule has 9 nitrogen and oxygen atoms in total. The summed E-state index contributed by atoms with van der Waals surface area (Å²) in [6.45, 7) is 6.37. The maximum Gasteiger partial charge on any atom is 0.244 e. The van der Waals surface area contributed by atoms with Crippen molar-refractivity contribution in [1.82, 2.24) is 10.2 Å². The molecule has 11 heteroatoms. The number of amides is 2. The predicted molar refractivity (Wildman–Crippen MR) is 136 cm³/mol. The number of sulfonamides is 1. The maximum absolute atomic E-state index is 13.6. The van der Waals surface area contributed by atoms with Gasteiger partial charge in [-0.05, 0) is 57.5 Å². The molecular formula is C25H34FN3O6S. The van der Waals surface area contributed by atoms with Crippen LogP contribution in [0, 0.1) is 5.82 Å². The molecule has 1 atom stereocenters. The molecule has 2 aromatic carbocycles. The number of nitrogens with one attached hydrogen (secondary N) is 1. The van der Waals surface area contributed by atoms with Crippen LogP contribution in [0.4, 0.5) is 10.1 Å². The summed E-state index contributed by atoms with van der Waals surface area (Å²) in [4.78, 5) is 27.8. The van der Waals surface area contributed by atoms with Gasteiger partial charge >= 0.3 is 0 Å². The fourth-order valence-corrected chi connectivity index (χ4v) is 4.28. The van der Waals surface area contributed by atoms with E-state index in [1.54, 1.807) is 13.0 Å². The minimum Gasteiger partial charge on any atom is -0.497 e. The Morgan fingerprint density at radius 1 is 1.06 bits per heavy atom. The van der Waals surface area contributed by atoms with Crippen molar-refractivity contribution in [3.8, 4) is 11.5 Å². The minimum atomic E-state index is -3.94. The Morgan fingerprint density at radius 3 is 2.17 bits per heavy atom. The van der Waals surface area contributed by atoms with E-state index in [4.69, 9.17) is 9.47 Å². The smallest absolute Gasteiger partial charge is 0.244 e. The highest BCUT2D eigenvalue weighted by molar-refractivity contribution is 7.92. The van der Waals surface area contributed by atoms with Gasteiger partial charge in [-0.3, -0.25) is 13.9 Å². The molecule has 2 amide bonds. The fourth-order valence-electron chi connectivity index (χ4n) is 3.43. The first-order chi connectivity index (χ1) is 16.7. The molecule has 0 saturated heterocycles. The molecule has 1 N–H and O–H groups in total. The van der Waals surface area contributed by atoms with Gasteiger partial charge in [0.25, 0.3) is 0 Å². The SMILES string of the molecule is COc1ccc(N(CC(=O)N(Cc2ccc(F)cc2)C(C)C(=O)NC(C)(C)C)S(C)(=O)=O)c(OC)c1. The quantitative estimate of drug-likeness (QED) is 0.514. The van der Waals surface area contributed by atoms with Crippen molar-refractivity contribution in [2.75, 3.05) is 31.3 Å². The van der Waals surface area contributed by atoms with Gasteiger partial charge in [-0.2, -0.15) is 0 Å². The number of anilines is 1. The van der Waals surface area contributed by atoms with Crippen LogP contribution < -0.4 is 19.1 Å². The molecule has 0 aliphatic rings. The van der Waals surface area contributed by atoms with Crippen LogP contribution in [0.2, 0.25) is 0 Å². The molecule has 0 radical (unpaired) electrons. The predicted octanol–water partition coefficient (Wildman–Crippen LogP) is 2.94. The first-order valence-electron chi connectivity index (χ1n) is 11.2. The highest BCUT2D eigenvalue weighted by atomic mass is 32.2. The zero-order chi connectivity index (χ0) is 27.3. The molecule has 2 aromatic rings. The van der Waals surface area contributed by atoms with Crippen molar-refractivity contribution >= 4 is 27.5 Å². The van der Waals surface area contributed by atoms with Crippen LogP contribution in [0.25, 0.3) is 0 Å². The molecule has 0 saturated carbocycles. The Hall–Kier alpha value is -3.34. The summed E-state index contributed by atoms with van der Waals surface area (Å²) in [6, 6.07) is 9.11. The number of nitrogens with zero attached hydrogens (tertiary/aromatic N) is 2. The standard InChI is InChI=1S/C25H34FN3O6S/c1-17(24(31)27-25(2,3)4)28(15-18-8-10-19(26)11-9-18)23(30)16-29(36(7,32)33)21-13-12-20(34-5)14-22(21)35-6/h8-14,17H,15-16H2,1-7H3,(H,27,31). The van der Waals surface area contributed by atoms with Crippen molar-refractivity contribution in [2.24, 2.45) is 0 Å². The van der Waals surface area contributed by atoms with Crippen molar-refractivity contribution in [2.45, 2.75) is 45.8 Å². The van der Waals surface area contributed by atoms with Gasteiger partial charge in [-0.25, -0.2) is 12.8 Å². The molecular weight excluding hydrogens is 489 g/mol. The Kier molecular flexibility index (Phi) is 9.31. The van der Waals surface area contributed by atoms with Gasteiger partial charge in [0.1, 0.15) is 29.9 Å². The monoisotopic (exact) mass is 523 g/mol. The molecule has 2 rings (SSSR count). The molecule has 0 bridgehead atoms. The third-order valence-corrected chi connectivity index (χ3v) is 6.39. The number of benzene rings is 2. The number of hydrogen-bond donors (Lipinski definition) is 1. The average molecular weight is 524 g/mol. The highest BCUT2D eigenvalue weighted by Crippen LogP contribution is 2.33. The molecule has 0 fully saturated rings. The summed E-state index contributed by atoms with van der Waals surface area (Å²) < 4.78 is 50.4. The summed E-state index contributed by atoms with van der Waals surface area (Å²) >= 11 is 0. The highest BCUT2D eigenvalue weighted by Gasteiger charge is 2.32. The van der Waals surface area contributed by atoms with Crippen molar-refractivity contribution in [3.63, 3.8) is 0 Å². The van der Waals surface area contributed by atoms with E-state index >= 15 is 0 Å². The number of hydrogen-bond acceptors (Lipinski definition) is 6. The van der Waals surface area contributed by atoms with Crippen molar-refractivity contribution < 1.29 is 31.9 Å². The first kappa shape index (κ1) is 28.9. The largest absolute Gasteiger partial charge is 0.497 e. The van der Waals surface area contributed by atoms with Gasteiger partial charge < -0.3 is 19.7 Å². The molecule has 1 unspecified atom stereocenters. The number of carbonyl (C=O) groups is 2. The van der Waals surface area contributed by atoms with E-state index in [0.29, 0.717) is 11.3 Å². The summed E-state index contributed by atoms with van der Waals surface area (Å²) in [6.07, 6.45) is 0.976. The van der Waals surface area contributed by atoms with Crippen LogP contribution in [0.15, 0.2) is 42.5 Å². The van der Waals surface area contributed by atoms with Gasteiger partial charge in [0.2, 0.25) is 21.8 Å². The van der Waals surface area contributed by atoms with Gasteiger partial charge in [-0.15, -0.1) is 0 Å². The second kappa shape index (κ2) is 11.6. The number of ether oxygens (including phenoxy) is 2. The second-order valence-electron chi connectivity index (χ2n) is 9.37. The molecule has 0 heterocycles. The van der Waals surface area contributed by atoms with Crippen LogP contribution in [-0.4, -0.2) is 63.7 Å². The van der Waals surface area contributed by atoms with Crippen LogP contribution in [0.3, 0.4) is 0 Å². The Labute approximate surface area is 212 Å². The molecule has 198 valence electrons. The molecule has 0 aliphatic heterocycles. The van der Waals surface area contributed by atoms with Gasteiger partial charge in [0.15, 0.2) is 0 Å². The van der Waals surface area contributed by atoms with Crippen molar-refractivity contribution in [1.29, 1.82) is 0 Å². The van der Waals surface area contributed by atoms with E-state index in [0.717, 1.165) is 10.6 Å². The lowest BCUT2D eigenvalue weighted by molar-refractivity contribution is -0.140. The summed E-state index contributed by atoms with van der Waals surface area (Å²) in [5.74, 6) is -0.841. The zero-order valence-electron chi connectivity index (χ0n) is 21.7. The van der Waals surface area contributed by atoms with E-state index < -0.39 is 45.8 Å². The Balaban J connectivity index is 2.47. The summed E-state index contributed by atoms with van der Waals surface area (Å²) in [5.41, 5.74) is 0.168. The fraction of sp³-hybridized carbons (Fsp3) is 0.440. The zero-order valence-corrected chi connectivity index (χ0v) is 22.5. The van der Waals surface area contributed by atoms with Gasteiger partial charge in [0, 0.05) is 18.2 Å². The number of halogens is 1. The van der Waals surface area contributed by atoms with Crippen LogP contribution in [0.1, 0.15) is 33.3 Å². The number of methoxy groups -OCH3 is 2. The Bertz CT molecular complexity index is 1180. The molecule has 36 heavy (non-hydrogen) atoms. The number of rotatable bonds is 10. The van der Waals surface area contributed by atoms with Gasteiger partial charge in [-0.1, -0.05) is 12.1 Å². The third-order valence-electron chi connectivity index (χ3n) is 5.27. The van der Waals surface area contributed by atoms with E-state index in [-0.39, 0.29) is 18.0 Å². The summed E-state index contributed by atoms with van der Waals surface area (Å²) in [7, 11) is -1.10. The van der Waals surface area contributed by atoms with Crippen molar-refractivity contribution in [3.05, 3.63) is 53.8 Å². The van der Waals surface area contributed by atoms with Crippen LogP contribution in [0.5, 0.6) is 11.5 Å². The summed E-state index contributed by atoms with van der Waals surface area (Å²) in [5, 5.41) is 2.84. The topological polar surface area (TPSA) is 105 Å². The molecule has 0 spiro atoms. The maximum atomic E-state index is 13.6. The first-order valence-corrected chi connectivity index (χ1v) is 13.1. The normalized spacial score (nSPS) is 12.4. The van der Waals surface area contributed by atoms with E-state index in [2.05, 4.69) is 5.32 Å². The van der Waals surface area contributed by atoms with Gasteiger partial charge in [0.05, 0.1) is 26.2 Å². The lowest BCUT2D eigenvalue weighted by Crippen LogP contribution is -2.54. The lowest BCUT2D eigenvalue weighted by atomic mass is 10.1. The third kappa shape index (κ3) is 7.84. The van der Waals surface area contributed by atoms with E-state index in [9.17, 15) is 22.4 Å². The van der Waals surface area contributed by atoms with Crippen LogP contribution >= 0.6 is 0 Å². The lowest BCUT2D eigenvalue weighted by Gasteiger charge is -2.33. The second-order valence-corrected chi connectivity index (χ2v) is 11.3. The van der Waals surface area contributed by atoms with E-state index in [1.165, 1.54) is 55.5 Å². The minimum absolute atomic E-state index is 0.0325.